The molecule has 0 N–H and O–H groups in total. The maximum Gasteiger partial charge on any atom is 0.229 e. The van der Waals surface area contributed by atoms with Crippen molar-refractivity contribution in [3.8, 4) is 11.3 Å². The smallest absolute Gasteiger partial charge is 0.229 e. The zero-order valence-electron chi connectivity index (χ0n) is 15.5. The van der Waals surface area contributed by atoms with Crippen LogP contribution in [-0.4, -0.2) is 34.7 Å². The largest absolute Gasteiger partial charge is 0.379 e. The molecule has 2 aromatic heterocycles. The third-order valence-electron chi connectivity index (χ3n) is 4.90. The van der Waals surface area contributed by atoms with E-state index in [1.807, 2.05) is 50.5 Å². The van der Waals surface area contributed by atoms with Crippen LogP contribution < -0.4 is 4.90 Å². The van der Waals surface area contributed by atoms with Gasteiger partial charge in [-0.25, -0.2) is 9.97 Å². The summed E-state index contributed by atoms with van der Waals surface area (Å²) in [4.78, 5) is 16.6. The summed E-state index contributed by atoms with van der Waals surface area (Å²) in [6.45, 7) is 6.32. The summed E-state index contributed by atoms with van der Waals surface area (Å²) >= 11 is 4.50. The summed E-state index contributed by atoms with van der Waals surface area (Å²) in [7, 11) is 0. The van der Waals surface area contributed by atoms with E-state index in [1.54, 1.807) is 6.20 Å². The highest BCUT2D eigenvalue weighted by atomic mass is 32.1. The molecular formula is C21H22N4OS. The van der Waals surface area contributed by atoms with Crippen molar-refractivity contribution in [2.75, 3.05) is 24.7 Å². The molecule has 0 atom stereocenters. The Hall–Kier alpha value is -2.44. The Bertz CT molecular complexity index is 927. The van der Waals surface area contributed by atoms with E-state index in [9.17, 15) is 0 Å². The molecule has 138 valence electrons. The van der Waals surface area contributed by atoms with E-state index >= 15 is 0 Å². The van der Waals surface area contributed by atoms with Crippen LogP contribution in [0.5, 0.6) is 0 Å². The molecule has 1 saturated heterocycles. The van der Waals surface area contributed by atoms with E-state index in [0.717, 1.165) is 41.6 Å². The van der Waals surface area contributed by atoms with Crippen molar-refractivity contribution in [2.45, 2.75) is 24.2 Å². The zero-order valence-corrected chi connectivity index (χ0v) is 16.4. The molecule has 0 bridgehead atoms. The second-order valence-corrected chi connectivity index (χ2v) is 7.06. The second-order valence-electron chi connectivity index (χ2n) is 6.55. The van der Waals surface area contributed by atoms with Gasteiger partial charge in [-0.15, -0.1) is 12.6 Å². The standard InChI is InChI=1S/C19H16N4OS.C2H6/c25-14-4-5-15-17(7-14)23(10-19(15)11-24-12-19)18-21-8-13(9-22-18)16-3-1-2-6-20-16;1-2/h1-9,25H,10-12H2;1-2H3. The minimum atomic E-state index is 0.0554. The van der Waals surface area contributed by atoms with Crippen LogP contribution >= 0.6 is 12.6 Å². The number of benzene rings is 1. The highest BCUT2D eigenvalue weighted by molar-refractivity contribution is 7.80. The molecule has 0 amide bonds. The minimum absolute atomic E-state index is 0.0554. The highest BCUT2D eigenvalue weighted by Gasteiger charge is 2.49. The van der Waals surface area contributed by atoms with Gasteiger partial charge in [0.05, 0.1) is 24.3 Å². The number of hydrogen-bond donors (Lipinski definition) is 1. The van der Waals surface area contributed by atoms with Crippen LogP contribution in [0, 0.1) is 0 Å². The lowest BCUT2D eigenvalue weighted by Gasteiger charge is -2.38. The molecule has 6 heteroatoms. The van der Waals surface area contributed by atoms with E-state index in [4.69, 9.17) is 4.74 Å². The molecule has 0 saturated carbocycles. The molecule has 27 heavy (non-hydrogen) atoms. The van der Waals surface area contributed by atoms with Gasteiger partial charge in [0.2, 0.25) is 5.95 Å². The maximum atomic E-state index is 5.51. The van der Waals surface area contributed by atoms with E-state index < -0.39 is 0 Å². The number of ether oxygens (including phenoxy) is 1. The van der Waals surface area contributed by atoms with Crippen LogP contribution in [0.25, 0.3) is 11.3 Å². The van der Waals surface area contributed by atoms with Gasteiger partial charge in [-0.1, -0.05) is 26.0 Å². The van der Waals surface area contributed by atoms with Gasteiger partial charge in [0.25, 0.3) is 0 Å². The summed E-state index contributed by atoms with van der Waals surface area (Å²) in [5.74, 6) is 0.698. The lowest BCUT2D eigenvalue weighted by Crippen LogP contribution is -2.49. The fourth-order valence-corrected chi connectivity index (χ4v) is 3.76. The molecule has 0 unspecified atom stereocenters. The number of thiol groups is 1. The zero-order chi connectivity index (χ0) is 18.9. The Morgan fingerprint density at radius 2 is 1.81 bits per heavy atom. The SMILES string of the molecule is CC.Sc1ccc2c(c1)N(c1ncc(-c3ccccn3)cn1)CC21COC1. The molecule has 2 aliphatic rings. The Morgan fingerprint density at radius 3 is 2.44 bits per heavy atom. The van der Waals surface area contributed by atoms with Crippen molar-refractivity contribution in [2.24, 2.45) is 0 Å². The van der Waals surface area contributed by atoms with Gasteiger partial charge in [-0.3, -0.25) is 4.98 Å². The summed E-state index contributed by atoms with van der Waals surface area (Å²) in [5.41, 5.74) is 4.26. The van der Waals surface area contributed by atoms with Gasteiger partial charge < -0.3 is 9.64 Å². The van der Waals surface area contributed by atoms with Crippen LogP contribution in [0.1, 0.15) is 19.4 Å². The summed E-state index contributed by atoms with van der Waals surface area (Å²) < 4.78 is 5.51. The quantitative estimate of drug-likeness (QED) is 0.675. The number of fused-ring (bicyclic) bond motifs is 2. The van der Waals surface area contributed by atoms with Gasteiger partial charge in [-0.05, 0) is 29.8 Å². The Balaban J connectivity index is 0.000000872. The number of rotatable bonds is 2. The van der Waals surface area contributed by atoms with E-state index in [0.29, 0.717) is 5.95 Å². The lowest BCUT2D eigenvalue weighted by atomic mass is 9.81. The average molecular weight is 379 g/mol. The van der Waals surface area contributed by atoms with E-state index in [-0.39, 0.29) is 5.41 Å². The molecule has 0 aliphatic carbocycles. The molecule has 0 radical (unpaired) electrons. The highest BCUT2D eigenvalue weighted by Crippen LogP contribution is 2.48. The van der Waals surface area contributed by atoms with Gasteiger partial charge >= 0.3 is 0 Å². The monoisotopic (exact) mass is 378 g/mol. The molecule has 5 rings (SSSR count). The first-order valence-corrected chi connectivity index (χ1v) is 9.62. The number of nitrogens with zero attached hydrogens (tertiary/aromatic N) is 4. The normalized spacial score (nSPS) is 16.3. The third kappa shape index (κ3) is 3.09. The van der Waals surface area contributed by atoms with Gasteiger partial charge in [-0.2, -0.15) is 0 Å². The molecule has 2 aliphatic heterocycles. The van der Waals surface area contributed by atoms with Gasteiger partial charge in [0.1, 0.15) is 0 Å². The predicted molar refractivity (Wildman–Crippen MR) is 110 cm³/mol. The Morgan fingerprint density at radius 1 is 1.04 bits per heavy atom. The van der Waals surface area contributed by atoms with Crippen molar-refractivity contribution in [3.05, 3.63) is 60.6 Å². The fourth-order valence-electron chi connectivity index (χ4n) is 3.56. The molecule has 3 aromatic rings. The molecule has 4 heterocycles. The average Bonchev–Trinajstić information content (AvgIpc) is 3.05. The van der Waals surface area contributed by atoms with Crippen molar-refractivity contribution in [1.29, 1.82) is 0 Å². The summed E-state index contributed by atoms with van der Waals surface area (Å²) in [6.07, 6.45) is 5.43. The molecule has 1 fully saturated rings. The van der Waals surface area contributed by atoms with Gasteiger partial charge in [0, 0.05) is 41.3 Å². The van der Waals surface area contributed by atoms with Crippen LogP contribution in [0.4, 0.5) is 11.6 Å². The van der Waals surface area contributed by atoms with Crippen molar-refractivity contribution in [1.82, 2.24) is 15.0 Å². The van der Waals surface area contributed by atoms with Crippen LogP contribution in [0.2, 0.25) is 0 Å². The van der Waals surface area contributed by atoms with E-state index in [1.165, 1.54) is 5.56 Å². The Labute approximate surface area is 164 Å². The van der Waals surface area contributed by atoms with Crippen LogP contribution in [-0.2, 0) is 10.2 Å². The maximum absolute atomic E-state index is 5.51. The Kier molecular flexibility index (Phi) is 4.85. The molecule has 1 spiro atoms. The third-order valence-corrected chi connectivity index (χ3v) is 5.18. The first kappa shape index (κ1) is 17.9. The first-order valence-electron chi connectivity index (χ1n) is 9.17. The molecule has 5 nitrogen and oxygen atoms in total. The van der Waals surface area contributed by atoms with Crippen molar-refractivity contribution < 1.29 is 4.74 Å². The van der Waals surface area contributed by atoms with Gasteiger partial charge in [0.15, 0.2) is 0 Å². The summed E-state index contributed by atoms with van der Waals surface area (Å²) in [6, 6.07) is 12.1. The number of hydrogen-bond acceptors (Lipinski definition) is 6. The van der Waals surface area contributed by atoms with Crippen LogP contribution in [0.3, 0.4) is 0 Å². The number of anilines is 2. The van der Waals surface area contributed by atoms with Crippen molar-refractivity contribution in [3.63, 3.8) is 0 Å². The fraction of sp³-hybridized carbons (Fsp3) is 0.286. The lowest BCUT2D eigenvalue weighted by molar-refractivity contribution is -0.0507. The topological polar surface area (TPSA) is 51.1 Å². The second kappa shape index (κ2) is 7.29. The molecule has 1 aromatic carbocycles. The number of aromatic nitrogens is 3. The summed E-state index contributed by atoms with van der Waals surface area (Å²) in [5, 5.41) is 0. The van der Waals surface area contributed by atoms with E-state index in [2.05, 4.69) is 44.6 Å². The molecular weight excluding hydrogens is 356 g/mol. The first-order chi connectivity index (χ1) is 13.3. The number of pyridine rings is 1. The van der Waals surface area contributed by atoms with Crippen LogP contribution in [0.15, 0.2) is 59.9 Å². The minimum Gasteiger partial charge on any atom is -0.379 e. The van der Waals surface area contributed by atoms with Crippen molar-refractivity contribution >= 4 is 24.3 Å². The predicted octanol–water partition coefficient (Wildman–Crippen LogP) is 4.27.